The first-order chi connectivity index (χ1) is 7.63. The number of rotatable bonds is 6. The number of anilines is 1. The maximum Gasteiger partial charge on any atom is 0.218 e. The molecule has 0 saturated carbocycles. The van der Waals surface area contributed by atoms with Gasteiger partial charge in [0.25, 0.3) is 0 Å². The Morgan fingerprint density at radius 3 is 2.69 bits per heavy atom. The molecule has 0 spiro atoms. The second-order valence-corrected chi connectivity index (χ2v) is 3.69. The summed E-state index contributed by atoms with van der Waals surface area (Å²) in [5.74, 6) is 1.88. The standard InChI is InChI=1S/C11H19N3O2/c1-4-15-5-6-16-10-7-9(12)13-11(14-10)8(2)3/h7-8H,4-6H2,1-3H3,(H2,12,13,14). The number of nitrogens with two attached hydrogens (primary N) is 1. The highest BCUT2D eigenvalue weighted by atomic mass is 16.5. The molecule has 2 N–H and O–H groups in total. The zero-order valence-corrected chi connectivity index (χ0v) is 10.1. The molecule has 0 aliphatic rings. The monoisotopic (exact) mass is 225 g/mol. The van der Waals surface area contributed by atoms with E-state index < -0.39 is 0 Å². The molecule has 1 rings (SSSR count). The molecule has 16 heavy (non-hydrogen) atoms. The first kappa shape index (κ1) is 12.7. The highest BCUT2D eigenvalue weighted by Crippen LogP contribution is 2.16. The molecular formula is C11H19N3O2. The fourth-order valence-electron chi connectivity index (χ4n) is 1.14. The summed E-state index contributed by atoms with van der Waals surface area (Å²) in [4.78, 5) is 8.40. The SMILES string of the molecule is CCOCCOc1cc(N)nc(C(C)C)n1. The van der Waals surface area contributed by atoms with Gasteiger partial charge in [-0.3, -0.25) is 0 Å². The molecule has 0 saturated heterocycles. The smallest absolute Gasteiger partial charge is 0.218 e. The van der Waals surface area contributed by atoms with Crippen molar-refractivity contribution in [3.63, 3.8) is 0 Å². The summed E-state index contributed by atoms with van der Waals surface area (Å²) in [6, 6.07) is 1.62. The minimum Gasteiger partial charge on any atom is -0.475 e. The maximum absolute atomic E-state index is 5.67. The van der Waals surface area contributed by atoms with Gasteiger partial charge in [0, 0.05) is 18.6 Å². The van der Waals surface area contributed by atoms with Crippen LogP contribution in [0.2, 0.25) is 0 Å². The van der Waals surface area contributed by atoms with Crippen LogP contribution in [0.25, 0.3) is 0 Å². The third kappa shape index (κ3) is 4.02. The molecule has 0 fully saturated rings. The molecule has 0 aromatic carbocycles. The topological polar surface area (TPSA) is 70.3 Å². The lowest BCUT2D eigenvalue weighted by Gasteiger charge is -2.09. The van der Waals surface area contributed by atoms with E-state index in [4.69, 9.17) is 15.2 Å². The Morgan fingerprint density at radius 1 is 1.31 bits per heavy atom. The number of ether oxygens (including phenoxy) is 2. The Hall–Kier alpha value is -1.36. The number of hydrogen-bond donors (Lipinski definition) is 1. The van der Waals surface area contributed by atoms with E-state index in [1.165, 1.54) is 0 Å². The molecule has 1 aromatic heterocycles. The van der Waals surface area contributed by atoms with Crippen molar-refractivity contribution in [3.8, 4) is 5.88 Å². The number of nitrogens with zero attached hydrogens (tertiary/aromatic N) is 2. The largest absolute Gasteiger partial charge is 0.475 e. The van der Waals surface area contributed by atoms with Gasteiger partial charge in [-0.25, -0.2) is 4.98 Å². The predicted molar refractivity (Wildman–Crippen MR) is 62.5 cm³/mol. The highest BCUT2D eigenvalue weighted by Gasteiger charge is 2.07. The van der Waals surface area contributed by atoms with E-state index in [1.54, 1.807) is 6.07 Å². The first-order valence-electron chi connectivity index (χ1n) is 5.48. The normalized spacial score (nSPS) is 10.8. The van der Waals surface area contributed by atoms with Crippen molar-refractivity contribution in [1.29, 1.82) is 0 Å². The van der Waals surface area contributed by atoms with E-state index >= 15 is 0 Å². The molecule has 0 amide bonds. The average Bonchev–Trinajstić information content (AvgIpc) is 2.23. The van der Waals surface area contributed by atoms with E-state index in [2.05, 4.69) is 9.97 Å². The predicted octanol–water partition coefficient (Wildman–Crippen LogP) is 1.60. The summed E-state index contributed by atoms with van der Waals surface area (Å²) < 4.78 is 10.6. The molecule has 5 heteroatoms. The second-order valence-electron chi connectivity index (χ2n) is 3.69. The van der Waals surface area contributed by atoms with Crippen LogP contribution in [0.15, 0.2) is 6.07 Å². The number of hydrogen-bond acceptors (Lipinski definition) is 5. The number of aromatic nitrogens is 2. The van der Waals surface area contributed by atoms with Crippen molar-refractivity contribution in [3.05, 3.63) is 11.9 Å². The lowest BCUT2D eigenvalue weighted by atomic mass is 10.2. The van der Waals surface area contributed by atoms with Gasteiger partial charge in [0.15, 0.2) is 0 Å². The van der Waals surface area contributed by atoms with E-state index in [9.17, 15) is 0 Å². The molecule has 0 radical (unpaired) electrons. The van der Waals surface area contributed by atoms with Crippen molar-refractivity contribution < 1.29 is 9.47 Å². The van der Waals surface area contributed by atoms with Crippen LogP contribution in [0.1, 0.15) is 32.5 Å². The summed E-state index contributed by atoms with van der Waals surface area (Å²) >= 11 is 0. The van der Waals surface area contributed by atoms with Gasteiger partial charge in [0.05, 0.1) is 6.61 Å². The lowest BCUT2D eigenvalue weighted by molar-refractivity contribution is 0.108. The highest BCUT2D eigenvalue weighted by molar-refractivity contribution is 5.33. The minimum absolute atomic E-state index is 0.234. The molecule has 0 unspecified atom stereocenters. The zero-order valence-electron chi connectivity index (χ0n) is 10.1. The molecule has 0 aliphatic carbocycles. The van der Waals surface area contributed by atoms with E-state index in [1.807, 2.05) is 20.8 Å². The quantitative estimate of drug-likeness (QED) is 0.744. The third-order valence-electron chi connectivity index (χ3n) is 1.94. The molecule has 5 nitrogen and oxygen atoms in total. The van der Waals surface area contributed by atoms with Gasteiger partial charge in [-0.1, -0.05) is 13.8 Å². The summed E-state index contributed by atoms with van der Waals surface area (Å²) in [5, 5.41) is 0. The van der Waals surface area contributed by atoms with Crippen LogP contribution in [-0.2, 0) is 4.74 Å². The van der Waals surface area contributed by atoms with E-state index in [0.29, 0.717) is 37.3 Å². The van der Waals surface area contributed by atoms with Crippen LogP contribution in [0.4, 0.5) is 5.82 Å². The minimum atomic E-state index is 0.234. The molecule has 90 valence electrons. The molecule has 1 aromatic rings. The van der Waals surface area contributed by atoms with Gasteiger partial charge in [0.2, 0.25) is 5.88 Å². The van der Waals surface area contributed by atoms with Gasteiger partial charge in [0.1, 0.15) is 18.2 Å². The molecule has 0 atom stereocenters. The van der Waals surface area contributed by atoms with Crippen molar-refractivity contribution in [2.24, 2.45) is 0 Å². The zero-order chi connectivity index (χ0) is 12.0. The summed E-state index contributed by atoms with van der Waals surface area (Å²) in [6.45, 7) is 7.68. The fourth-order valence-corrected chi connectivity index (χ4v) is 1.14. The van der Waals surface area contributed by atoms with Crippen LogP contribution < -0.4 is 10.5 Å². The molecular weight excluding hydrogens is 206 g/mol. The summed E-state index contributed by atoms with van der Waals surface area (Å²) in [5.41, 5.74) is 5.67. The van der Waals surface area contributed by atoms with Crippen LogP contribution in [0.3, 0.4) is 0 Å². The summed E-state index contributed by atoms with van der Waals surface area (Å²) in [7, 11) is 0. The molecule has 1 heterocycles. The van der Waals surface area contributed by atoms with Crippen LogP contribution in [0, 0.1) is 0 Å². The average molecular weight is 225 g/mol. The van der Waals surface area contributed by atoms with E-state index in [0.717, 1.165) is 0 Å². The van der Waals surface area contributed by atoms with Gasteiger partial charge < -0.3 is 15.2 Å². The van der Waals surface area contributed by atoms with Crippen LogP contribution in [0.5, 0.6) is 5.88 Å². The Bertz CT molecular complexity index is 329. The van der Waals surface area contributed by atoms with Crippen molar-refractivity contribution in [2.75, 3.05) is 25.6 Å². The second kappa shape index (κ2) is 6.27. The summed E-state index contributed by atoms with van der Waals surface area (Å²) in [6.07, 6.45) is 0. The van der Waals surface area contributed by atoms with Gasteiger partial charge >= 0.3 is 0 Å². The molecule has 0 aliphatic heterocycles. The number of nitrogen functional groups attached to an aromatic ring is 1. The van der Waals surface area contributed by atoms with Crippen LogP contribution >= 0.6 is 0 Å². The first-order valence-corrected chi connectivity index (χ1v) is 5.48. The molecule has 0 bridgehead atoms. The Morgan fingerprint density at radius 2 is 2.06 bits per heavy atom. The Kier molecular flexibility index (Phi) is 4.98. The Balaban J connectivity index is 2.58. The van der Waals surface area contributed by atoms with Gasteiger partial charge in [-0.2, -0.15) is 4.98 Å². The third-order valence-corrected chi connectivity index (χ3v) is 1.94. The van der Waals surface area contributed by atoms with Crippen molar-refractivity contribution >= 4 is 5.82 Å². The van der Waals surface area contributed by atoms with E-state index in [-0.39, 0.29) is 5.92 Å². The van der Waals surface area contributed by atoms with Crippen molar-refractivity contribution in [1.82, 2.24) is 9.97 Å². The van der Waals surface area contributed by atoms with Gasteiger partial charge in [-0.15, -0.1) is 0 Å². The van der Waals surface area contributed by atoms with Crippen molar-refractivity contribution in [2.45, 2.75) is 26.7 Å². The maximum atomic E-state index is 5.67. The Labute approximate surface area is 96.0 Å². The lowest BCUT2D eigenvalue weighted by Crippen LogP contribution is -2.09. The van der Waals surface area contributed by atoms with Gasteiger partial charge in [-0.05, 0) is 6.92 Å². The fraction of sp³-hybridized carbons (Fsp3) is 0.636. The van der Waals surface area contributed by atoms with Crippen LogP contribution in [-0.4, -0.2) is 29.8 Å².